The number of amides is 1. The van der Waals surface area contributed by atoms with Crippen LogP contribution >= 0.6 is 0 Å². The standard InChI is InChI=1S/C38H45N5O3S/c1-29-36(30(2)40-28-39-29)37(44)41-24-20-38(3,21-25-41)42-22-18-34(19-23-42)43(26-31-10-6-4-7-11-31)33-16-14-32(15-17-33)27-47(45,46)35-12-8-5-9-13-35/h4-17,28,34H,18-27H2,1-3H3. The van der Waals surface area contributed by atoms with Crippen LogP contribution in [0.4, 0.5) is 5.69 Å². The molecule has 2 fully saturated rings. The first kappa shape index (κ1) is 32.8. The number of carbonyl (C=O) groups excluding carboxylic acids is 1. The maximum Gasteiger partial charge on any atom is 0.257 e. The van der Waals surface area contributed by atoms with Gasteiger partial charge in [-0.05, 0) is 81.8 Å². The highest BCUT2D eigenvalue weighted by Crippen LogP contribution is 2.34. The first-order valence-corrected chi connectivity index (χ1v) is 18.3. The van der Waals surface area contributed by atoms with Gasteiger partial charge in [0.05, 0.1) is 27.6 Å². The zero-order valence-corrected chi connectivity index (χ0v) is 28.5. The normalized spacial score (nSPS) is 17.4. The first-order valence-electron chi connectivity index (χ1n) is 16.6. The van der Waals surface area contributed by atoms with Gasteiger partial charge in [0.15, 0.2) is 9.84 Å². The highest BCUT2D eigenvalue weighted by molar-refractivity contribution is 7.90. The van der Waals surface area contributed by atoms with Crippen LogP contribution in [-0.4, -0.2) is 71.9 Å². The van der Waals surface area contributed by atoms with E-state index in [0.717, 1.165) is 81.0 Å². The number of nitrogens with zero attached hydrogens (tertiary/aromatic N) is 5. The fraction of sp³-hybridized carbons (Fsp3) is 0.395. The van der Waals surface area contributed by atoms with E-state index in [1.54, 1.807) is 24.3 Å². The molecule has 8 nitrogen and oxygen atoms in total. The van der Waals surface area contributed by atoms with Crippen molar-refractivity contribution in [2.45, 2.75) is 75.2 Å². The summed E-state index contributed by atoms with van der Waals surface area (Å²) in [6.45, 7) is 10.4. The van der Waals surface area contributed by atoms with E-state index in [1.165, 1.54) is 11.9 Å². The highest BCUT2D eigenvalue weighted by Gasteiger charge is 2.39. The third kappa shape index (κ3) is 7.41. The Labute approximate surface area is 279 Å². The summed E-state index contributed by atoms with van der Waals surface area (Å²) >= 11 is 0. The molecule has 3 aromatic carbocycles. The Morgan fingerprint density at radius 1 is 0.809 bits per heavy atom. The van der Waals surface area contributed by atoms with Crippen molar-refractivity contribution in [1.29, 1.82) is 0 Å². The van der Waals surface area contributed by atoms with Crippen LogP contribution in [0.3, 0.4) is 0 Å². The minimum atomic E-state index is -3.41. The van der Waals surface area contributed by atoms with Gasteiger partial charge in [0.25, 0.3) is 5.91 Å². The van der Waals surface area contributed by atoms with Crippen LogP contribution < -0.4 is 4.90 Å². The lowest BCUT2D eigenvalue weighted by Crippen LogP contribution is -2.58. The molecule has 2 aliphatic rings. The number of rotatable bonds is 9. The van der Waals surface area contributed by atoms with Crippen LogP contribution in [0.2, 0.25) is 0 Å². The summed E-state index contributed by atoms with van der Waals surface area (Å²) in [7, 11) is -3.41. The van der Waals surface area contributed by atoms with Crippen molar-refractivity contribution >= 4 is 21.4 Å². The number of likely N-dealkylation sites (tertiary alicyclic amines) is 2. The van der Waals surface area contributed by atoms with Crippen molar-refractivity contribution in [3.05, 3.63) is 119 Å². The number of anilines is 1. The van der Waals surface area contributed by atoms with E-state index in [0.29, 0.717) is 16.5 Å². The van der Waals surface area contributed by atoms with E-state index in [9.17, 15) is 13.2 Å². The Hall–Kier alpha value is -4.08. The fourth-order valence-electron chi connectivity index (χ4n) is 7.21. The predicted molar refractivity (Wildman–Crippen MR) is 186 cm³/mol. The van der Waals surface area contributed by atoms with Crippen molar-refractivity contribution in [3.8, 4) is 0 Å². The van der Waals surface area contributed by atoms with Crippen LogP contribution in [0.15, 0.2) is 96.2 Å². The van der Waals surface area contributed by atoms with Crippen molar-refractivity contribution in [2.24, 2.45) is 0 Å². The van der Waals surface area contributed by atoms with Crippen molar-refractivity contribution in [3.63, 3.8) is 0 Å². The molecule has 246 valence electrons. The molecule has 0 aliphatic carbocycles. The second-order valence-electron chi connectivity index (χ2n) is 13.3. The van der Waals surface area contributed by atoms with Crippen LogP contribution in [0.1, 0.15) is 65.5 Å². The molecule has 2 aliphatic heterocycles. The van der Waals surface area contributed by atoms with E-state index in [-0.39, 0.29) is 17.2 Å². The smallest absolute Gasteiger partial charge is 0.257 e. The molecule has 0 N–H and O–H groups in total. The molecule has 0 spiro atoms. The van der Waals surface area contributed by atoms with Gasteiger partial charge in [0, 0.05) is 50.0 Å². The second-order valence-corrected chi connectivity index (χ2v) is 15.3. The summed E-state index contributed by atoms with van der Waals surface area (Å²) < 4.78 is 26.0. The summed E-state index contributed by atoms with van der Waals surface area (Å²) in [6.07, 6.45) is 5.48. The van der Waals surface area contributed by atoms with Crippen LogP contribution in [0.25, 0.3) is 0 Å². The number of benzene rings is 3. The van der Waals surface area contributed by atoms with Crippen molar-refractivity contribution in [1.82, 2.24) is 19.8 Å². The van der Waals surface area contributed by atoms with Crippen LogP contribution in [-0.2, 0) is 22.1 Å². The summed E-state index contributed by atoms with van der Waals surface area (Å²) in [4.78, 5) is 29.4. The molecule has 0 atom stereocenters. The summed E-state index contributed by atoms with van der Waals surface area (Å²) in [6, 6.07) is 27.7. The van der Waals surface area contributed by atoms with Crippen LogP contribution in [0, 0.1) is 13.8 Å². The molecule has 0 radical (unpaired) electrons. The molecule has 6 rings (SSSR count). The van der Waals surface area contributed by atoms with E-state index in [1.807, 2.05) is 43.0 Å². The SMILES string of the molecule is Cc1ncnc(C)c1C(=O)N1CCC(C)(N2CCC(N(Cc3ccccc3)c3ccc(CS(=O)(=O)c4ccccc4)cc3)CC2)CC1. The average molecular weight is 652 g/mol. The second kappa shape index (κ2) is 14.0. The number of sulfone groups is 1. The zero-order chi connectivity index (χ0) is 33.0. The number of aryl methyl sites for hydroxylation is 2. The molecule has 9 heteroatoms. The summed E-state index contributed by atoms with van der Waals surface area (Å²) in [5.41, 5.74) is 5.33. The van der Waals surface area contributed by atoms with Gasteiger partial charge in [-0.25, -0.2) is 18.4 Å². The Bertz CT molecular complexity index is 1750. The van der Waals surface area contributed by atoms with Gasteiger partial charge in [-0.1, -0.05) is 60.7 Å². The largest absolute Gasteiger partial charge is 0.364 e. The topological polar surface area (TPSA) is 86.7 Å². The number of hydrogen-bond donors (Lipinski definition) is 0. The molecule has 1 aromatic heterocycles. The van der Waals surface area contributed by atoms with Gasteiger partial charge in [0.2, 0.25) is 0 Å². The molecule has 4 aromatic rings. The predicted octanol–water partition coefficient (Wildman–Crippen LogP) is 6.23. The van der Waals surface area contributed by atoms with Crippen molar-refractivity contribution in [2.75, 3.05) is 31.1 Å². The number of carbonyl (C=O) groups is 1. The molecule has 0 saturated carbocycles. The highest BCUT2D eigenvalue weighted by atomic mass is 32.2. The van der Waals surface area contributed by atoms with E-state index in [4.69, 9.17) is 0 Å². The monoisotopic (exact) mass is 651 g/mol. The molecular formula is C38H45N5O3S. The van der Waals surface area contributed by atoms with Gasteiger partial charge in [-0.15, -0.1) is 0 Å². The lowest BCUT2D eigenvalue weighted by molar-refractivity contribution is 0.0170. The zero-order valence-electron chi connectivity index (χ0n) is 27.7. The Balaban J connectivity index is 1.11. The summed E-state index contributed by atoms with van der Waals surface area (Å²) in [5.74, 6) is 0.0236. The quantitative estimate of drug-likeness (QED) is 0.212. The van der Waals surface area contributed by atoms with Gasteiger partial charge < -0.3 is 9.80 Å². The third-order valence-corrected chi connectivity index (χ3v) is 11.9. The molecular weight excluding hydrogens is 607 g/mol. The fourth-order valence-corrected chi connectivity index (χ4v) is 8.58. The summed E-state index contributed by atoms with van der Waals surface area (Å²) in [5, 5.41) is 0. The number of hydrogen-bond acceptors (Lipinski definition) is 7. The number of piperidine rings is 2. The Morgan fingerprint density at radius 2 is 1.38 bits per heavy atom. The Kier molecular flexibility index (Phi) is 9.75. The lowest BCUT2D eigenvalue weighted by atomic mass is 9.85. The van der Waals surface area contributed by atoms with E-state index >= 15 is 0 Å². The van der Waals surface area contributed by atoms with Gasteiger partial charge in [-0.3, -0.25) is 9.69 Å². The van der Waals surface area contributed by atoms with Gasteiger partial charge in [-0.2, -0.15) is 0 Å². The maximum atomic E-state index is 13.4. The van der Waals surface area contributed by atoms with Crippen molar-refractivity contribution < 1.29 is 13.2 Å². The average Bonchev–Trinajstić information content (AvgIpc) is 3.09. The molecule has 3 heterocycles. The molecule has 47 heavy (non-hydrogen) atoms. The minimum absolute atomic E-state index is 0.0195. The van der Waals surface area contributed by atoms with Gasteiger partial charge >= 0.3 is 0 Å². The number of aromatic nitrogens is 2. The lowest BCUT2D eigenvalue weighted by Gasteiger charge is -2.50. The molecule has 0 unspecified atom stereocenters. The van der Waals surface area contributed by atoms with Gasteiger partial charge in [0.1, 0.15) is 6.33 Å². The molecule has 2 saturated heterocycles. The third-order valence-electron chi connectivity index (χ3n) is 10.2. The minimum Gasteiger partial charge on any atom is -0.364 e. The molecule has 1 amide bonds. The Morgan fingerprint density at radius 3 is 1.98 bits per heavy atom. The first-order chi connectivity index (χ1) is 22.6. The van der Waals surface area contributed by atoms with Crippen LogP contribution in [0.5, 0.6) is 0 Å². The maximum absolute atomic E-state index is 13.4. The van der Waals surface area contributed by atoms with E-state index in [2.05, 4.69) is 63.1 Å². The van der Waals surface area contributed by atoms with E-state index < -0.39 is 9.84 Å². The molecule has 0 bridgehead atoms.